The average molecular weight is 227 g/mol. The van der Waals surface area contributed by atoms with Gasteiger partial charge in [0.15, 0.2) is 0 Å². The number of hydrogen-bond donors (Lipinski definition) is 1. The first kappa shape index (κ1) is 12.2. The van der Waals surface area contributed by atoms with Crippen LogP contribution >= 0.6 is 0 Å². The second kappa shape index (κ2) is 5.28. The molecule has 4 heteroatoms. The minimum atomic E-state index is -3.05. The first-order valence-electron chi connectivity index (χ1n) is 4.98. The Hall–Kier alpha value is -0.870. The molecule has 0 spiro atoms. The fraction of sp³-hybridized carbons (Fsp3) is 0.455. The molecule has 15 heavy (non-hydrogen) atoms. The topological polar surface area (TPSA) is 46.2 Å². The van der Waals surface area contributed by atoms with E-state index in [4.69, 9.17) is 0 Å². The molecule has 1 atom stereocenters. The Morgan fingerprint density at radius 3 is 2.40 bits per heavy atom. The molecule has 0 amide bonds. The van der Waals surface area contributed by atoms with Gasteiger partial charge in [0.05, 0.1) is 6.26 Å². The van der Waals surface area contributed by atoms with E-state index in [2.05, 4.69) is 23.8 Å². The van der Waals surface area contributed by atoms with Crippen LogP contribution in [0.3, 0.4) is 0 Å². The van der Waals surface area contributed by atoms with Crippen LogP contribution in [0.2, 0.25) is 0 Å². The Morgan fingerprint density at radius 1 is 1.27 bits per heavy atom. The highest BCUT2D eigenvalue weighted by atomic mass is 32.2. The summed E-state index contributed by atoms with van der Waals surface area (Å²) in [5, 5.41) is 0. The lowest BCUT2D eigenvalue weighted by molar-refractivity contribution is 0.578. The SMILES string of the molecule is C[C@@H](CCNS(C)(=O)=O)c1ccccc1. The molecule has 0 aliphatic rings. The van der Waals surface area contributed by atoms with Crippen molar-refractivity contribution < 1.29 is 8.42 Å². The van der Waals surface area contributed by atoms with E-state index in [0.29, 0.717) is 12.5 Å². The molecule has 84 valence electrons. The summed E-state index contributed by atoms with van der Waals surface area (Å²) < 4.78 is 24.2. The van der Waals surface area contributed by atoms with Gasteiger partial charge in [-0.05, 0) is 17.9 Å². The van der Waals surface area contributed by atoms with E-state index in [1.54, 1.807) is 0 Å². The van der Waals surface area contributed by atoms with Crippen molar-refractivity contribution in [2.45, 2.75) is 19.3 Å². The normalized spacial score (nSPS) is 13.7. The second-order valence-corrected chi connectivity index (χ2v) is 5.60. The minimum absolute atomic E-state index is 0.375. The van der Waals surface area contributed by atoms with Crippen molar-refractivity contribution in [3.63, 3.8) is 0 Å². The van der Waals surface area contributed by atoms with E-state index in [1.807, 2.05) is 18.2 Å². The van der Waals surface area contributed by atoms with Crippen LogP contribution in [0.15, 0.2) is 30.3 Å². The van der Waals surface area contributed by atoms with E-state index < -0.39 is 10.0 Å². The summed E-state index contributed by atoms with van der Waals surface area (Å²) in [7, 11) is -3.05. The lowest BCUT2D eigenvalue weighted by Gasteiger charge is -2.11. The first-order chi connectivity index (χ1) is 6.99. The molecule has 0 unspecified atom stereocenters. The van der Waals surface area contributed by atoms with Crippen molar-refractivity contribution in [2.75, 3.05) is 12.8 Å². The van der Waals surface area contributed by atoms with Gasteiger partial charge in [-0.25, -0.2) is 13.1 Å². The zero-order valence-electron chi connectivity index (χ0n) is 9.10. The predicted molar refractivity (Wildman–Crippen MR) is 62.3 cm³/mol. The Kier molecular flexibility index (Phi) is 4.29. The smallest absolute Gasteiger partial charge is 0.208 e. The fourth-order valence-electron chi connectivity index (χ4n) is 1.41. The Bertz CT molecular complexity index is 386. The Balaban J connectivity index is 2.41. The number of hydrogen-bond acceptors (Lipinski definition) is 2. The summed E-state index contributed by atoms with van der Waals surface area (Å²) in [6.07, 6.45) is 2.00. The van der Waals surface area contributed by atoms with Crippen LogP contribution in [0.25, 0.3) is 0 Å². The third-order valence-electron chi connectivity index (χ3n) is 2.31. The molecule has 1 N–H and O–H groups in total. The average Bonchev–Trinajstić information content (AvgIpc) is 2.17. The lowest BCUT2D eigenvalue weighted by atomic mass is 9.98. The predicted octanol–water partition coefficient (Wildman–Crippen LogP) is 1.73. The summed E-state index contributed by atoms with van der Waals surface area (Å²) in [5.74, 6) is 0.375. The molecule has 1 aromatic rings. The van der Waals surface area contributed by atoms with Crippen LogP contribution in [0, 0.1) is 0 Å². The monoisotopic (exact) mass is 227 g/mol. The third-order valence-corrected chi connectivity index (χ3v) is 3.04. The van der Waals surface area contributed by atoms with Gasteiger partial charge in [-0.1, -0.05) is 37.3 Å². The van der Waals surface area contributed by atoms with Crippen LogP contribution in [-0.4, -0.2) is 21.2 Å². The van der Waals surface area contributed by atoms with Gasteiger partial charge in [0, 0.05) is 6.54 Å². The van der Waals surface area contributed by atoms with E-state index >= 15 is 0 Å². The number of sulfonamides is 1. The van der Waals surface area contributed by atoms with Gasteiger partial charge < -0.3 is 0 Å². The quantitative estimate of drug-likeness (QED) is 0.832. The van der Waals surface area contributed by atoms with Crippen molar-refractivity contribution in [3.05, 3.63) is 35.9 Å². The molecule has 0 fully saturated rings. The Labute approximate surface area is 91.6 Å². The van der Waals surface area contributed by atoms with E-state index in [9.17, 15) is 8.42 Å². The van der Waals surface area contributed by atoms with Crippen molar-refractivity contribution >= 4 is 10.0 Å². The van der Waals surface area contributed by atoms with Crippen LogP contribution in [0.5, 0.6) is 0 Å². The van der Waals surface area contributed by atoms with Crippen molar-refractivity contribution in [2.24, 2.45) is 0 Å². The molecule has 0 aliphatic heterocycles. The van der Waals surface area contributed by atoms with Gasteiger partial charge in [0.2, 0.25) is 10.0 Å². The molecule has 0 heterocycles. The zero-order chi connectivity index (χ0) is 11.3. The van der Waals surface area contributed by atoms with Gasteiger partial charge >= 0.3 is 0 Å². The van der Waals surface area contributed by atoms with Crippen LogP contribution in [0.4, 0.5) is 0 Å². The Morgan fingerprint density at radius 2 is 1.87 bits per heavy atom. The standard InChI is InChI=1S/C11H17NO2S/c1-10(8-9-12-15(2,13)14)11-6-4-3-5-7-11/h3-7,10,12H,8-9H2,1-2H3/t10-/m0/s1. The van der Waals surface area contributed by atoms with Gasteiger partial charge in [0.1, 0.15) is 0 Å². The van der Waals surface area contributed by atoms with E-state index in [0.717, 1.165) is 6.42 Å². The molecule has 0 saturated heterocycles. The van der Waals surface area contributed by atoms with Crippen molar-refractivity contribution in [3.8, 4) is 0 Å². The molecule has 3 nitrogen and oxygen atoms in total. The number of rotatable bonds is 5. The molecule has 0 aromatic heterocycles. The van der Waals surface area contributed by atoms with Gasteiger partial charge in [-0.2, -0.15) is 0 Å². The third kappa shape index (κ3) is 4.95. The van der Waals surface area contributed by atoms with Crippen LogP contribution < -0.4 is 4.72 Å². The molecular weight excluding hydrogens is 210 g/mol. The fourth-order valence-corrected chi connectivity index (χ4v) is 1.90. The molecule has 1 rings (SSSR count). The zero-order valence-corrected chi connectivity index (χ0v) is 9.92. The van der Waals surface area contributed by atoms with E-state index in [1.165, 1.54) is 11.8 Å². The van der Waals surface area contributed by atoms with Crippen molar-refractivity contribution in [1.29, 1.82) is 0 Å². The summed E-state index contributed by atoms with van der Waals surface area (Å²) in [5.41, 5.74) is 1.24. The highest BCUT2D eigenvalue weighted by Crippen LogP contribution is 2.17. The summed E-state index contributed by atoms with van der Waals surface area (Å²) in [6.45, 7) is 2.59. The maximum Gasteiger partial charge on any atom is 0.208 e. The maximum absolute atomic E-state index is 10.8. The highest BCUT2D eigenvalue weighted by molar-refractivity contribution is 7.88. The van der Waals surface area contributed by atoms with Crippen molar-refractivity contribution in [1.82, 2.24) is 4.72 Å². The summed E-state index contributed by atoms with van der Waals surface area (Å²) >= 11 is 0. The number of benzene rings is 1. The molecule has 0 bridgehead atoms. The lowest BCUT2D eigenvalue weighted by Crippen LogP contribution is -2.23. The van der Waals surface area contributed by atoms with Gasteiger partial charge in [0.25, 0.3) is 0 Å². The first-order valence-corrected chi connectivity index (χ1v) is 6.88. The highest BCUT2D eigenvalue weighted by Gasteiger charge is 2.06. The summed E-state index contributed by atoms with van der Waals surface area (Å²) in [6, 6.07) is 10.1. The largest absolute Gasteiger partial charge is 0.215 e. The van der Waals surface area contributed by atoms with Crippen LogP contribution in [0.1, 0.15) is 24.8 Å². The minimum Gasteiger partial charge on any atom is -0.215 e. The van der Waals surface area contributed by atoms with Crippen LogP contribution in [-0.2, 0) is 10.0 Å². The number of nitrogens with one attached hydrogen (secondary N) is 1. The molecule has 0 saturated carbocycles. The maximum atomic E-state index is 10.8. The molecular formula is C11H17NO2S. The molecule has 0 radical (unpaired) electrons. The van der Waals surface area contributed by atoms with E-state index in [-0.39, 0.29) is 0 Å². The molecule has 0 aliphatic carbocycles. The van der Waals surface area contributed by atoms with Gasteiger partial charge in [-0.15, -0.1) is 0 Å². The summed E-state index contributed by atoms with van der Waals surface area (Å²) in [4.78, 5) is 0. The second-order valence-electron chi connectivity index (χ2n) is 3.77. The van der Waals surface area contributed by atoms with Gasteiger partial charge in [-0.3, -0.25) is 0 Å². The molecule has 1 aromatic carbocycles.